The van der Waals surface area contributed by atoms with Gasteiger partial charge in [-0.1, -0.05) is 13.8 Å². The van der Waals surface area contributed by atoms with Gasteiger partial charge in [0.1, 0.15) is 5.60 Å². The number of piperazine rings is 3. The van der Waals surface area contributed by atoms with Gasteiger partial charge in [0.15, 0.2) is 0 Å². The maximum atomic E-state index is 11.1. The molecule has 15 fully saturated rings. The minimum absolute atomic E-state index is 0.250. The highest BCUT2D eigenvalue weighted by Crippen LogP contribution is 2.30. The Morgan fingerprint density at radius 2 is 0.940 bits per heavy atom. The second kappa shape index (κ2) is 40.3. The van der Waals surface area contributed by atoms with Gasteiger partial charge in [-0.2, -0.15) is 0 Å². The largest absolute Gasteiger partial charge is 0.444 e. The molecule has 0 unspecified atom stereocenters. The number of likely N-dealkylation sites (N-methyl/N-ethyl adjacent to an activating group) is 5. The van der Waals surface area contributed by atoms with E-state index >= 15 is 0 Å². The maximum absolute atomic E-state index is 11.1. The molecule has 0 radical (unpaired) electrons. The molecule has 14 aliphatic heterocycles. The minimum Gasteiger partial charge on any atom is -0.444 e. The Hall–Kier alpha value is -1.45. The number of carbonyl (C=O) groups is 1. The highest BCUT2D eigenvalue weighted by Gasteiger charge is 2.36. The fourth-order valence-corrected chi connectivity index (χ4v) is 12.6. The van der Waals surface area contributed by atoms with Gasteiger partial charge in [0.2, 0.25) is 0 Å². The van der Waals surface area contributed by atoms with Crippen LogP contribution in [0.5, 0.6) is 0 Å². The summed E-state index contributed by atoms with van der Waals surface area (Å²) in [6.45, 7) is 36.9. The third-order valence-corrected chi connectivity index (χ3v) is 19.0. The molecule has 1 saturated carbocycles. The van der Waals surface area contributed by atoms with Crippen LogP contribution in [0, 0.1) is 17.8 Å². The van der Waals surface area contributed by atoms with Gasteiger partial charge in [-0.05, 0) is 225 Å². The molecule has 10 atom stereocenters. The van der Waals surface area contributed by atoms with E-state index in [2.05, 4.69) is 170 Å². The first-order valence-corrected chi connectivity index (χ1v) is 33.8. The summed E-state index contributed by atoms with van der Waals surface area (Å²) < 4.78 is 10.4. The SMILES string of the molecule is C1C[C@H]2C[C@@H]1CN2.C1O[C@@H]2CN[C@H]1C2.CC(C)(C)OC(=O)NC1CNC1.CC1CNC1.CC1CNC1.CN(C)C1CCNCC1.CN(C)[C@@H]1CCNC1.CN(C)[C@H]1CCNC1.CN1CCNCC1.CN1C[C@@H]2C[C@H]1CN2.CN1C[C@H]2C[C@@H]1CN2. The number of nitrogens with zero attached hydrogens (tertiary/aromatic N) is 6. The zero-order chi connectivity index (χ0) is 60.9. The standard InChI is InChI=1S/C8H16N2O2.C7H16N2.2C6H12N2.2C6H14N2.C6H11N.C5H12N2.C5H9NO.2C4H9N/c1-8(2,3)12-7(11)10-6-4-9-5-6;1-9(2)7-3-5-8-6-4-7;2*1-8-4-5-2-6(8)3-7-5;2*1-8(2)6-3-4-7-5-6;1-2-6-3-5(1)4-7-6;1-7-4-2-6-3-5-7;1-4-3-7-5(1)2-6-4;2*1-4-2-5-3-4/h6,9H,4-5H2,1-3H3,(H,10,11);7-8H,3-6H2,1-2H3;2*5-7H,2-4H2,1H3;2*6-7H,3-5H2,1-2H3;5-7H,1-4H2;6H,2-5H2,1H3;4-6H,1-3H2;2*4-5H,2-3H2,1H3/t;;2*5-,6-;2*6-;5-,6+;;4-,5-;;/m..10101.0../s1. The van der Waals surface area contributed by atoms with Crippen molar-refractivity contribution in [3.63, 3.8) is 0 Å². The van der Waals surface area contributed by atoms with Crippen molar-refractivity contribution in [2.24, 2.45) is 17.8 Å². The van der Waals surface area contributed by atoms with Crippen LogP contribution < -0.4 is 63.8 Å². The van der Waals surface area contributed by atoms with Crippen molar-refractivity contribution in [1.29, 1.82) is 0 Å². The van der Waals surface area contributed by atoms with E-state index in [1.165, 1.54) is 175 Å². The molecule has 21 nitrogen and oxygen atoms in total. The number of nitrogens with one attached hydrogen (secondary N) is 12. The van der Waals surface area contributed by atoms with E-state index in [9.17, 15) is 4.79 Å². The number of amides is 1. The second-order valence-corrected chi connectivity index (χ2v) is 28.7. The first kappa shape index (κ1) is 73.3. The Morgan fingerprint density at radius 1 is 0.488 bits per heavy atom. The number of piperidine rings is 2. The van der Waals surface area contributed by atoms with Gasteiger partial charge in [-0.15, -0.1) is 0 Å². The van der Waals surface area contributed by atoms with Crippen LogP contribution in [-0.2, 0) is 9.47 Å². The van der Waals surface area contributed by atoms with Crippen LogP contribution in [0.3, 0.4) is 0 Å². The third kappa shape index (κ3) is 30.4. The van der Waals surface area contributed by atoms with Crippen LogP contribution in [0.4, 0.5) is 4.79 Å². The molecule has 14 saturated heterocycles. The molecule has 1 aliphatic carbocycles. The molecule has 0 aromatic carbocycles. The topological polar surface area (TPSA) is 199 Å². The van der Waals surface area contributed by atoms with E-state index in [1.807, 2.05) is 20.8 Å². The molecular weight excluding hydrogens is 1060 g/mol. The molecule has 1 amide bonds. The molecule has 0 spiro atoms. The lowest BCUT2D eigenvalue weighted by molar-refractivity contribution is 0.0488. The highest BCUT2D eigenvalue weighted by molar-refractivity contribution is 5.68. The number of hydrogen-bond acceptors (Lipinski definition) is 20. The zero-order valence-electron chi connectivity index (χ0n) is 56.3. The highest BCUT2D eigenvalue weighted by atomic mass is 16.6. The number of fused-ring (bicyclic) bond motifs is 8. The Morgan fingerprint density at radius 3 is 1.12 bits per heavy atom. The van der Waals surface area contributed by atoms with E-state index in [0.717, 1.165) is 105 Å². The van der Waals surface area contributed by atoms with Crippen LogP contribution in [-0.4, -0.2) is 322 Å². The molecular formula is C63H134N18O3. The average molecular weight is 1190 g/mol. The molecule has 84 heavy (non-hydrogen) atoms. The lowest BCUT2D eigenvalue weighted by Crippen LogP contribution is -2.57. The van der Waals surface area contributed by atoms with Crippen molar-refractivity contribution in [2.75, 3.05) is 214 Å². The zero-order valence-corrected chi connectivity index (χ0v) is 56.3. The van der Waals surface area contributed by atoms with Crippen molar-refractivity contribution >= 4 is 6.09 Å². The fraction of sp³-hybridized carbons (Fsp3) is 0.984. The van der Waals surface area contributed by atoms with Crippen molar-refractivity contribution in [3.05, 3.63) is 0 Å². The molecule has 0 aromatic rings. The van der Waals surface area contributed by atoms with E-state index in [4.69, 9.17) is 9.47 Å². The molecule has 494 valence electrons. The Bertz CT molecular complexity index is 1550. The van der Waals surface area contributed by atoms with Gasteiger partial charge in [0, 0.05) is 139 Å². The third-order valence-electron chi connectivity index (χ3n) is 19.0. The van der Waals surface area contributed by atoms with Gasteiger partial charge in [0.25, 0.3) is 0 Å². The first-order chi connectivity index (χ1) is 40.2. The van der Waals surface area contributed by atoms with Crippen molar-refractivity contribution in [2.45, 2.75) is 171 Å². The lowest BCUT2D eigenvalue weighted by atomic mass is 10.1. The average Bonchev–Trinajstić information content (AvgIpc) is 4.52. The van der Waals surface area contributed by atoms with Gasteiger partial charge in [0.05, 0.1) is 18.8 Å². The predicted molar refractivity (Wildman–Crippen MR) is 351 cm³/mol. The summed E-state index contributed by atoms with van der Waals surface area (Å²) in [7, 11) is 19.5. The summed E-state index contributed by atoms with van der Waals surface area (Å²) in [4.78, 5) is 25.2. The van der Waals surface area contributed by atoms with Crippen LogP contribution >= 0.6 is 0 Å². The van der Waals surface area contributed by atoms with Gasteiger partial charge < -0.3 is 103 Å². The number of morpholine rings is 1. The number of hydrogen-bond donors (Lipinski definition) is 12. The summed E-state index contributed by atoms with van der Waals surface area (Å²) in [6.07, 6.45) is 13.9. The van der Waals surface area contributed by atoms with Gasteiger partial charge >= 0.3 is 6.09 Å². The summed E-state index contributed by atoms with van der Waals surface area (Å²) in [6, 6.07) is 7.64. The van der Waals surface area contributed by atoms with E-state index in [0.29, 0.717) is 12.1 Å². The number of ether oxygens (including phenoxy) is 2. The number of carbonyl (C=O) groups excluding carboxylic acids is 1. The van der Waals surface area contributed by atoms with Crippen molar-refractivity contribution in [1.82, 2.24) is 93.2 Å². The minimum atomic E-state index is -0.402. The molecule has 14 heterocycles. The van der Waals surface area contributed by atoms with E-state index < -0.39 is 5.60 Å². The Labute approximate surface area is 514 Å². The van der Waals surface area contributed by atoms with E-state index in [-0.39, 0.29) is 12.1 Å². The lowest BCUT2D eigenvalue weighted by Gasteiger charge is -2.29. The maximum Gasteiger partial charge on any atom is 0.407 e. The molecule has 15 aliphatic rings. The number of alkyl carbamates (subject to hydrolysis) is 1. The molecule has 8 bridgehead atoms. The first-order valence-electron chi connectivity index (χ1n) is 33.8. The Balaban J connectivity index is 0.000000170. The summed E-state index contributed by atoms with van der Waals surface area (Å²) in [5.41, 5.74) is -0.402. The summed E-state index contributed by atoms with van der Waals surface area (Å²) >= 11 is 0. The normalized spacial score (nSPS) is 32.7. The molecule has 0 aromatic heterocycles. The second-order valence-electron chi connectivity index (χ2n) is 28.7. The van der Waals surface area contributed by atoms with Crippen LogP contribution in [0.1, 0.15) is 98.8 Å². The monoisotopic (exact) mass is 1190 g/mol. The number of likely N-dealkylation sites (tertiary alicyclic amines) is 2. The van der Waals surface area contributed by atoms with Crippen molar-refractivity contribution in [3.8, 4) is 0 Å². The molecule has 12 N–H and O–H groups in total. The van der Waals surface area contributed by atoms with Crippen LogP contribution in [0.15, 0.2) is 0 Å². The van der Waals surface area contributed by atoms with Crippen LogP contribution in [0.2, 0.25) is 0 Å². The van der Waals surface area contributed by atoms with Crippen molar-refractivity contribution < 1.29 is 14.3 Å². The van der Waals surface area contributed by atoms with E-state index in [1.54, 1.807) is 0 Å². The fourth-order valence-electron chi connectivity index (χ4n) is 12.6. The predicted octanol–water partition coefficient (Wildman–Crippen LogP) is 0.405. The Kier molecular flexibility index (Phi) is 35.2. The van der Waals surface area contributed by atoms with Gasteiger partial charge in [-0.3, -0.25) is 0 Å². The summed E-state index contributed by atoms with van der Waals surface area (Å²) in [5, 5.41) is 39.0. The molecule has 15 rings (SSSR count). The van der Waals surface area contributed by atoms with Gasteiger partial charge in [-0.25, -0.2) is 4.79 Å². The van der Waals surface area contributed by atoms with Crippen LogP contribution in [0.25, 0.3) is 0 Å². The smallest absolute Gasteiger partial charge is 0.407 e. The summed E-state index contributed by atoms with van der Waals surface area (Å²) in [5.74, 6) is 2.97. The quantitative estimate of drug-likeness (QED) is 0.185. The molecule has 21 heteroatoms. The number of rotatable bonds is 4.